The highest BCUT2D eigenvalue weighted by Crippen LogP contribution is 2.27. The molecule has 1 aromatic carbocycles. The van der Waals surface area contributed by atoms with Crippen LogP contribution in [-0.2, 0) is 12.8 Å². The van der Waals surface area contributed by atoms with Gasteiger partial charge in [0.05, 0.1) is 12.8 Å². The second-order valence-corrected chi connectivity index (χ2v) is 4.36. The third-order valence-electron chi connectivity index (χ3n) is 3.26. The molecular weight excluding hydrogens is 230 g/mol. The quantitative estimate of drug-likeness (QED) is 0.664. The number of aromatic amines is 1. The first-order valence-corrected chi connectivity index (χ1v) is 5.70. The van der Waals surface area contributed by atoms with Gasteiger partial charge in [-0.3, -0.25) is 9.78 Å². The highest BCUT2D eigenvalue weighted by atomic mass is 16.5. The van der Waals surface area contributed by atoms with Crippen LogP contribution in [0, 0.1) is 0 Å². The molecule has 0 atom stereocenters. The molecule has 0 fully saturated rings. The number of benzene rings is 1. The van der Waals surface area contributed by atoms with E-state index in [1.54, 1.807) is 7.11 Å². The monoisotopic (exact) mass is 243 g/mol. The smallest absolute Gasteiger partial charge is 0.256 e. The minimum atomic E-state index is -0.140. The van der Waals surface area contributed by atoms with Crippen LogP contribution in [0.1, 0.15) is 22.4 Å². The van der Waals surface area contributed by atoms with E-state index in [0.717, 1.165) is 22.6 Å². The second-order valence-electron chi connectivity index (χ2n) is 4.36. The molecule has 0 spiro atoms. The van der Waals surface area contributed by atoms with Gasteiger partial charge < -0.3 is 10.5 Å². The number of aromatic nitrogens is 2. The Labute approximate surface area is 104 Å². The zero-order chi connectivity index (χ0) is 12.7. The average Bonchev–Trinajstić information content (AvgIpc) is 2.36. The third-order valence-corrected chi connectivity index (χ3v) is 3.26. The van der Waals surface area contributed by atoms with E-state index in [-0.39, 0.29) is 11.5 Å². The first-order chi connectivity index (χ1) is 8.67. The van der Waals surface area contributed by atoms with Gasteiger partial charge in [0.15, 0.2) is 0 Å². The van der Waals surface area contributed by atoms with E-state index in [1.807, 2.05) is 18.2 Å². The second kappa shape index (κ2) is 3.87. The summed E-state index contributed by atoms with van der Waals surface area (Å²) in [7, 11) is 1.64. The van der Waals surface area contributed by atoms with E-state index in [1.165, 1.54) is 0 Å². The number of nitrogens with one attached hydrogen (secondary N) is 1. The molecule has 1 aliphatic rings. The molecule has 1 heterocycles. The van der Waals surface area contributed by atoms with Crippen LogP contribution in [0.3, 0.4) is 0 Å². The van der Waals surface area contributed by atoms with Crippen molar-refractivity contribution in [3.8, 4) is 5.75 Å². The van der Waals surface area contributed by atoms with Gasteiger partial charge in [-0.2, -0.15) is 0 Å². The molecule has 0 unspecified atom stereocenters. The maximum Gasteiger partial charge on any atom is 0.256 e. The summed E-state index contributed by atoms with van der Waals surface area (Å²) in [6.45, 7) is 0. The standard InChI is InChI=1S/C13H13N3O2/c1-18-9-3-2-7-5-10-11(6-8(7)4-9)15-13(14)16-12(10)17/h2-4H,5-6H2,1H3,(H3,14,15,16,17). The molecule has 3 rings (SSSR count). The lowest BCUT2D eigenvalue weighted by Crippen LogP contribution is -2.23. The molecular formula is C13H13N3O2. The van der Waals surface area contributed by atoms with Crippen molar-refractivity contribution in [2.75, 3.05) is 12.8 Å². The van der Waals surface area contributed by atoms with Gasteiger partial charge in [0, 0.05) is 18.4 Å². The fourth-order valence-corrected chi connectivity index (χ4v) is 2.33. The number of methoxy groups -OCH3 is 1. The van der Waals surface area contributed by atoms with Crippen molar-refractivity contribution in [3.05, 3.63) is 50.9 Å². The molecule has 0 amide bonds. The van der Waals surface area contributed by atoms with E-state index in [0.29, 0.717) is 18.4 Å². The fraction of sp³-hybridized carbons (Fsp3) is 0.231. The molecule has 1 aromatic heterocycles. The molecule has 1 aliphatic carbocycles. The van der Waals surface area contributed by atoms with E-state index in [9.17, 15) is 4.79 Å². The Morgan fingerprint density at radius 3 is 2.94 bits per heavy atom. The topological polar surface area (TPSA) is 81.0 Å². The number of anilines is 1. The van der Waals surface area contributed by atoms with Crippen LogP contribution in [0.25, 0.3) is 0 Å². The zero-order valence-electron chi connectivity index (χ0n) is 9.99. The highest BCUT2D eigenvalue weighted by molar-refractivity contribution is 5.46. The summed E-state index contributed by atoms with van der Waals surface area (Å²) >= 11 is 0. The average molecular weight is 243 g/mol. The number of fused-ring (bicyclic) bond motifs is 2. The maximum atomic E-state index is 11.8. The van der Waals surface area contributed by atoms with E-state index >= 15 is 0 Å². The van der Waals surface area contributed by atoms with Crippen molar-refractivity contribution in [3.63, 3.8) is 0 Å². The fourth-order valence-electron chi connectivity index (χ4n) is 2.33. The number of ether oxygens (including phenoxy) is 1. The Morgan fingerprint density at radius 2 is 2.17 bits per heavy atom. The Bertz CT molecular complexity index is 676. The van der Waals surface area contributed by atoms with Crippen LogP contribution in [0.5, 0.6) is 5.75 Å². The summed E-state index contributed by atoms with van der Waals surface area (Å²) < 4.78 is 5.20. The molecule has 0 saturated carbocycles. The van der Waals surface area contributed by atoms with Crippen molar-refractivity contribution < 1.29 is 4.74 Å². The van der Waals surface area contributed by atoms with Crippen LogP contribution in [-0.4, -0.2) is 17.1 Å². The molecule has 2 aromatic rings. The summed E-state index contributed by atoms with van der Waals surface area (Å²) in [6, 6.07) is 5.88. The Morgan fingerprint density at radius 1 is 1.33 bits per heavy atom. The molecule has 92 valence electrons. The molecule has 5 nitrogen and oxygen atoms in total. The molecule has 0 saturated heterocycles. The predicted octanol–water partition coefficient (Wildman–Crippen LogP) is 0.856. The van der Waals surface area contributed by atoms with Crippen LogP contribution < -0.4 is 16.0 Å². The number of nitrogens with zero attached hydrogens (tertiary/aromatic N) is 1. The SMILES string of the molecule is COc1ccc2c(c1)Cc1nc(N)[nH]c(=O)c1C2. The van der Waals surface area contributed by atoms with Gasteiger partial charge in [-0.1, -0.05) is 6.07 Å². The molecule has 18 heavy (non-hydrogen) atoms. The van der Waals surface area contributed by atoms with Crippen LogP contribution in [0.4, 0.5) is 5.95 Å². The summed E-state index contributed by atoms with van der Waals surface area (Å²) in [6.07, 6.45) is 1.22. The number of nitrogens with two attached hydrogens (primary N) is 1. The lowest BCUT2D eigenvalue weighted by Gasteiger charge is -2.18. The minimum absolute atomic E-state index is 0.140. The van der Waals surface area contributed by atoms with Crippen molar-refractivity contribution in [1.29, 1.82) is 0 Å². The van der Waals surface area contributed by atoms with E-state index in [4.69, 9.17) is 10.5 Å². The number of hydrogen-bond acceptors (Lipinski definition) is 4. The zero-order valence-corrected chi connectivity index (χ0v) is 9.99. The van der Waals surface area contributed by atoms with Gasteiger partial charge >= 0.3 is 0 Å². The molecule has 5 heteroatoms. The van der Waals surface area contributed by atoms with Gasteiger partial charge in [-0.25, -0.2) is 4.98 Å². The van der Waals surface area contributed by atoms with E-state index in [2.05, 4.69) is 9.97 Å². The molecule has 0 bridgehead atoms. The summed E-state index contributed by atoms with van der Waals surface area (Å²) in [5.74, 6) is 0.986. The number of rotatable bonds is 1. The van der Waals surface area contributed by atoms with Gasteiger partial charge in [0.25, 0.3) is 5.56 Å². The lowest BCUT2D eigenvalue weighted by molar-refractivity contribution is 0.414. The van der Waals surface area contributed by atoms with Crippen molar-refractivity contribution in [2.24, 2.45) is 0 Å². The van der Waals surface area contributed by atoms with Crippen molar-refractivity contribution in [1.82, 2.24) is 9.97 Å². The predicted molar refractivity (Wildman–Crippen MR) is 67.9 cm³/mol. The Balaban J connectivity index is 2.12. The van der Waals surface area contributed by atoms with Crippen LogP contribution in [0.15, 0.2) is 23.0 Å². The molecule has 0 aliphatic heterocycles. The van der Waals surface area contributed by atoms with Crippen LogP contribution >= 0.6 is 0 Å². The number of hydrogen-bond donors (Lipinski definition) is 2. The Kier molecular flexibility index (Phi) is 2.33. The largest absolute Gasteiger partial charge is 0.497 e. The first-order valence-electron chi connectivity index (χ1n) is 5.70. The summed E-state index contributed by atoms with van der Waals surface area (Å²) in [5.41, 5.74) is 9.18. The van der Waals surface area contributed by atoms with Gasteiger partial charge in [-0.05, 0) is 23.3 Å². The Hall–Kier alpha value is -2.30. The van der Waals surface area contributed by atoms with Crippen molar-refractivity contribution >= 4 is 5.95 Å². The minimum Gasteiger partial charge on any atom is -0.497 e. The lowest BCUT2D eigenvalue weighted by atomic mass is 9.89. The summed E-state index contributed by atoms with van der Waals surface area (Å²) in [5, 5.41) is 0. The molecule has 3 N–H and O–H groups in total. The number of nitrogen functional groups attached to an aromatic ring is 1. The summed E-state index contributed by atoms with van der Waals surface area (Å²) in [4.78, 5) is 18.6. The van der Waals surface area contributed by atoms with Gasteiger partial charge in [0.1, 0.15) is 5.75 Å². The highest BCUT2D eigenvalue weighted by Gasteiger charge is 2.20. The number of H-pyrrole nitrogens is 1. The first kappa shape index (κ1) is 10.8. The van der Waals surface area contributed by atoms with Gasteiger partial charge in [-0.15, -0.1) is 0 Å². The van der Waals surface area contributed by atoms with Gasteiger partial charge in [0.2, 0.25) is 5.95 Å². The van der Waals surface area contributed by atoms with Crippen LogP contribution in [0.2, 0.25) is 0 Å². The van der Waals surface area contributed by atoms with E-state index < -0.39 is 0 Å². The third kappa shape index (κ3) is 1.64. The molecule has 0 radical (unpaired) electrons. The maximum absolute atomic E-state index is 11.8. The normalized spacial score (nSPS) is 12.7. The van der Waals surface area contributed by atoms with Crippen molar-refractivity contribution in [2.45, 2.75) is 12.8 Å².